The molecule has 0 unspecified atom stereocenters. The van der Waals surface area contributed by atoms with Gasteiger partial charge in [-0.25, -0.2) is 13.1 Å². The van der Waals surface area contributed by atoms with Crippen LogP contribution in [0.2, 0.25) is 4.34 Å². The maximum atomic E-state index is 12.2. The van der Waals surface area contributed by atoms with Gasteiger partial charge in [0.15, 0.2) is 5.82 Å². The van der Waals surface area contributed by atoms with Gasteiger partial charge in [0.1, 0.15) is 4.21 Å². The Morgan fingerprint density at radius 2 is 1.65 bits per heavy atom. The van der Waals surface area contributed by atoms with Crippen LogP contribution in [-0.2, 0) is 16.6 Å². The van der Waals surface area contributed by atoms with E-state index in [4.69, 9.17) is 11.6 Å². The molecule has 126 valence electrons. The Kier molecular flexibility index (Phi) is 5.40. The molecule has 2 aromatic heterocycles. The third-order valence-corrected chi connectivity index (χ3v) is 5.82. The van der Waals surface area contributed by atoms with Gasteiger partial charge in [0, 0.05) is 28.2 Å². The highest BCUT2D eigenvalue weighted by atomic mass is 35.5. The highest BCUT2D eigenvalue weighted by Crippen LogP contribution is 2.25. The van der Waals surface area contributed by atoms with Gasteiger partial charge in [0.25, 0.3) is 10.0 Å². The molecule has 8 nitrogen and oxygen atoms in total. The summed E-state index contributed by atoms with van der Waals surface area (Å²) in [5.74, 6) is 1.24. The fraction of sp³-hybridized carbons (Fsp3) is 0.417. The van der Waals surface area contributed by atoms with Gasteiger partial charge in [-0.15, -0.1) is 11.3 Å². The molecule has 0 aliphatic heterocycles. The van der Waals surface area contributed by atoms with Gasteiger partial charge >= 0.3 is 0 Å². The molecule has 2 aromatic rings. The van der Waals surface area contributed by atoms with Gasteiger partial charge in [0.05, 0.1) is 10.9 Å². The molecule has 1 N–H and O–H groups in total. The summed E-state index contributed by atoms with van der Waals surface area (Å²) in [6.45, 7) is -0.0396. The number of sulfonamides is 1. The van der Waals surface area contributed by atoms with Crippen LogP contribution in [-0.4, -0.2) is 51.6 Å². The molecule has 2 rings (SSSR count). The van der Waals surface area contributed by atoms with Gasteiger partial charge in [-0.1, -0.05) is 11.6 Å². The van der Waals surface area contributed by atoms with Gasteiger partial charge in [-0.2, -0.15) is 15.0 Å². The van der Waals surface area contributed by atoms with E-state index in [1.165, 1.54) is 12.1 Å². The second-order valence-electron chi connectivity index (χ2n) is 5.02. The van der Waals surface area contributed by atoms with Crippen molar-refractivity contribution in [3.8, 4) is 0 Å². The lowest BCUT2D eigenvalue weighted by Gasteiger charge is -2.16. The molecule has 11 heteroatoms. The molecule has 2 heterocycles. The van der Waals surface area contributed by atoms with Crippen molar-refractivity contribution in [3.05, 3.63) is 22.3 Å². The average Bonchev–Trinajstić information content (AvgIpc) is 2.92. The smallest absolute Gasteiger partial charge is 0.250 e. The van der Waals surface area contributed by atoms with E-state index >= 15 is 0 Å². The Bertz CT molecular complexity index is 764. The Hall–Kier alpha value is -1.49. The van der Waals surface area contributed by atoms with Crippen LogP contribution >= 0.6 is 22.9 Å². The van der Waals surface area contributed by atoms with E-state index in [1.54, 1.807) is 38.0 Å². The summed E-state index contributed by atoms with van der Waals surface area (Å²) in [6.07, 6.45) is 0. The molecule has 0 spiro atoms. The lowest BCUT2D eigenvalue weighted by atomic mass is 10.6. The van der Waals surface area contributed by atoms with Crippen molar-refractivity contribution in [2.75, 3.05) is 38.0 Å². The first-order valence-electron chi connectivity index (χ1n) is 6.53. The standard InChI is InChI=1S/C12H17ClN6O2S2/c1-18(2)11-15-9(16-12(17-11)19(3)4)7-14-23(20,21)10-6-5-8(13)22-10/h5-6,14H,7H2,1-4H3. The van der Waals surface area contributed by atoms with Crippen LogP contribution in [0.25, 0.3) is 0 Å². The van der Waals surface area contributed by atoms with Crippen LogP contribution in [0.15, 0.2) is 16.3 Å². The molecular weight excluding hydrogens is 360 g/mol. The SMILES string of the molecule is CN(C)c1nc(CNS(=O)(=O)c2ccc(Cl)s2)nc(N(C)C)n1. The monoisotopic (exact) mass is 376 g/mol. The topological polar surface area (TPSA) is 91.3 Å². The predicted octanol–water partition coefficient (Wildman–Crippen LogP) is 1.20. The lowest BCUT2D eigenvalue weighted by molar-refractivity contribution is 0.581. The van der Waals surface area contributed by atoms with E-state index in [-0.39, 0.29) is 10.8 Å². The first-order chi connectivity index (χ1) is 10.7. The summed E-state index contributed by atoms with van der Waals surface area (Å²) >= 11 is 6.77. The average molecular weight is 377 g/mol. The normalized spacial score (nSPS) is 11.5. The van der Waals surface area contributed by atoms with Crippen molar-refractivity contribution >= 4 is 44.9 Å². The van der Waals surface area contributed by atoms with E-state index in [1.807, 2.05) is 0 Å². The summed E-state index contributed by atoms with van der Waals surface area (Å²) < 4.78 is 27.4. The fourth-order valence-corrected chi connectivity index (χ4v) is 4.05. The quantitative estimate of drug-likeness (QED) is 0.809. The zero-order chi connectivity index (χ0) is 17.2. The largest absolute Gasteiger partial charge is 0.347 e. The molecule has 0 amide bonds. The maximum absolute atomic E-state index is 12.2. The van der Waals surface area contributed by atoms with Crippen LogP contribution in [0.3, 0.4) is 0 Å². The first-order valence-corrected chi connectivity index (χ1v) is 9.21. The summed E-state index contributed by atoms with van der Waals surface area (Å²) in [5.41, 5.74) is 0. The van der Waals surface area contributed by atoms with Crippen molar-refractivity contribution in [1.82, 2.24) is 19.7 Å². The van der Waals surface area contributed by atoms with Crippen LogP contribution in [0.1, 0.15) is 5.82 Å². The predicted molar refractivity (Wildman–Crippen MR) is 91.8 cm³/mol. The Morgan fingerprint density at radius 1 is 1.09 bits per heavy atom. The molecule has 0 saturated carbocycles. The minimum Gasteiger partial charge on any atom is -0.347 e. The molecule has 23 heavy (non-hydrogen) atoms. The number of hydrogen-bond acceptors (Lipinski definition) is 8. The fourth-order valence-electron chi connectivity index (χ4n) is 1.55. The molecule has 0 fully saturated rings. The van der Waals surface area contributed by atoms with E-state index in [0.717, 1.165) is 11.3 Å². The van der Waals surface area contributed by atoms with Crippen molar-refractivity contribution < 1.29 is 8.42 Å². The third-order valence-electron chi connectivity index (χ3n) is 2.69. The van der Waals surface area contributed by atoms with Gasteiger partial charge in [-0.3, -0.25) is 0 Å². The Labute approximate surface area is 144 Å². The van der Waals surface area contributed by atoms with E-state index in [2.05, 4.69) is 19.7 Å². The number of thiophene rings is 1. The number of nitrogens with zero attached hydrogens (tertiary/aromatic N) is 5. The minimum absolute atomic E-state index is 0.0396. The Balaban J connectivity index is 2.23. The number of hydrogen-bond donors (Lipinski definition) is 1. The Morgan fingerprint density at radius 3 is 2.09 bits per heavy atom. The molecule has 0 aliphatic carbocycles. The van der Waals surface area contributed by atoms with Crippen LogP contribution in [0.5, 0.6) is 0 Å². The summed E-state index contributed by atoms with van der Waals surface area (Å²) in [6, 6.07) is 3.00. The summed E-state index contributed by atoms with van der Waals surface area (Å²) in [7, 11) is 3.56. The zero-order valence-electron chi connectivity index (χ0n) is 13.1. The van der Waals surface area contributed by atoms with Crippen molar-refractivity contribution in [2.45, 2.75) is 10.8 Å². The van der Waals surface area contributed by atoms with E-state index in [9.17, 15) is 8.42 Å². The number of aromatic nitrogens is 3. The molecule has 0 radical (unpaired) electrons. The van der Waals surface area contributed by atoms with Crippen molar-refractivity contribution in [2.24, 2.45) is 0 Å². The third kappa shape index (κ3) is 4.50. The van der Waals surface area contributed by atoms with Gasteiger partial charge < -0.3 is 9.80 Å². The molecular formula is C12H17ClN6O2S2. The van der Waals surface area contributed by atoms with Crippen molar-refractivity contribution in [3.63, 3.8) is 0 Å². The first kappa shape index (κ1) is 17.9. The highest BCUT2D eigenvalue weighted by molar-refractivity contribution is 7.91. The van der Waals surface area contributed by atoms with Crippen LogP contribution in [0.4, 0.5) is 11.9 Å². The minimum atomic E-state index is -3.65. The molecule has 0 atom stereocenters. The number of anilines is 2. The highest BCUT2D eigenvalue weighted by Gasteiger charge is 2.18. The zero-order valence-corrected chi connectivity index (χ0v) is 15.5. The lowest BCUT2D eigenvalue weighted by Crippen LogP contribution is -2.26. The van der Waals surface area contributed by atoms with Crippen LogP contribution < -0.4 is 14.5 Å². The number of halogens is 1. The number of rotatable bonds is 6. The van der Waals surface area contributed by atoms with E-state index < -0.39 is 10.0 Å². The summed E-state index contributed by atoms with van der Waals surface area (Å²) in [4.78, 5) is 16.2. The summed E-state index contributed by atoms with van der Waals surface area (Å²) in [5, 5.41) is 0. The second-order valence-corrected chi connectivity index (χ2v) is 8.73. The van der Waals surface area contributed by atoms with Crippen molar-refractivity contribution in [1.29, 1.82) is 0 Å². The second kappa shape index (κ2) is 6.95. The maximum Gasteiger partial charge on any atom is 0.250 e. The molecule has 0 saturated heterocycles. The van der Waals surface area contributed by atoms with E-state index in [0.29, 0.717) is 22.1 Å². The molecule has 0 aromatic carbocycles. The number of nitrogens with one attached hydrogen (secondary N) is 1. The van der Waals surface area contributed by atoms with Gasteiger partial charge in [-0.05, 0) is 12.1 Å². The van der Waals surface area contributed by atoms with Gasteiger partial charge in [0.2, 0.25) is 11.9 Å². The molecule has 0 aliphatic rings. The molecule has 0 bridgehead atoms. The van der Waals surface area contributed by atoms with Crippen LogP contribution in [0, 0.1) is 0 Å².